The van der Waals surface area contributed by atoms with E-state index in [4.69, 9.17) is 0 Å². The fraction of sp³-hybridized carbons (Fsp3) is 0.200. The Bertz CT molecular complexity index is 386. The molecule has 1 heterocycles. The van der Waals surface area contributed by atoms with Crippen LogP contribution in [-0.2, 0) is 4.79 Å². The summed E-state index contributed by atoms with van der Waals surface area (Å²) in [5.41, 5.74) is 1.10. The zero-order valence-corrected chi connectivity index (χ0v) is 7.71. The first kappa shape index (κ1) is 8.90. The molecule has 1 atom stereocenters. The molecule has 14 heavy (non-hydrogen) atoms. The van der Waals surface area contributed by atoms with Gasteiger partial charge in [0.25, 0.3) is 5.91 Å². The predicted molar refractivity (Wildman–Crippen MR) is 53.0 cm³/mol. The second kappa shape index (κ2) is 3.23. The largest absolute Gasteiger partial charge is 0.377 e. The van der Waals surface area contributed by atoms with Gasteiger partial charge in [0.1, 0.15) is 0 Å². The van der Waals surface area contributed by atoms with E-state index in [1.54, 1.807) is 19.1 Å². The number of anilines is 1. The number of carbonyl (C=O) groups excluding carboxylic acids is 1. The number of nitrogens with zero attached hydrogens (tertiary/aromatic N) is 2. The average molecular weight is 190 g/mol. The smallest absolute Gasteiger partial charge is 0.282 e. The van der Waals surface area contributed by atoms with Crippen LogP contribution in [0.2, 0.25) is 0 Å². The number of carbonyl (C=O) groups is 1. The van der Waals surface area contributed by atoms with Gasteiger partial charge in [0, 0.05) is 0 Å². The van der Waals surface area contributed by atoms with Gasteiger partial charge in [-0.25, -0.2) is 0 Å². The number of hydrazone groups is 1. The summed E-state index contributed by atoms with van der Waals surface area (Å²) in [7, 11) is 0. The van der Waals surface area contributed by atoms with Crippen LogP contribution in [0.25, 0.3) is 0 Å². The molecular formula is C10H10N2O2. The Labute approximate surface area is 81.5 Å². The molecule has 0 saturated heterocycles. The summed E-state index contributed by atoms with van der Waals surface area (Å²) in [4.78, 5) is 11.5. The lowest BCUT2D eigenvalue weighted by Crippen LogP contribution is -2.30. The number of hydrogen-bond donors (Lipinski definition) is 1. The lowest BCUT2D eigenvalue weighted by atomic mass is 10.2. The first-order valence-electron chi connectivity index (χ1n) is 4.32. The molecule has 4 nitrogen and oxygen atoms in total. The van der Waals surface area contributed by atoms with Gasteiger partial charge in [-0.3, -0.25) is 4.79 Å². The second-order valence-corrected chi connectivity index (χ2v) is 3.13. The third-order valence-corrected chi connectivity index (χ3v) is 2.10. The summed E-state index contributed by atoms with van der Waals surface area (Å²) in [6, 6.07) is 9.03. The van der Waals surface area contributed by atoms with E-state index in [0.29, 0.717) is 11.4 Å². The van der Waals surface area contributed by atoms with E-state index in [9.17, 15) is 9.90 Å². The SMILES string of the molecule is CC1=NN(c2ccccc2)C(=O)[C@@H]1O. The lowest BCUT2D eigenvalue weighted by molar-refractivity contribution is -0.122. The number of aliphatic hydroxyl groups excluding tert-OH is 1. The van der Waals surface area contributed by atoms with Gasteiger partial charge in [0.05, 0.1) is 11.4 Å². The molecular weight excluding hydrogens is 180 g/mol. The number of amides is 1. The van der Waals surface area contributed by atoms with E-state index < -0.39 is 12.0 Å². The number of aliphatic hydroxyl groups is 1. The molecule has 1 amide bonds. The number of hydrogen-bond acceptors (Lipinski definition) is 3. The molecule has 1 aliphatic rings. The molecule has 1 N–H and O–H groups in total. The Morgan fingerprint density at radius 2 is 2.00 bits per heavy atom. The van der Waals surface area contributed by atoms with Crippen molar-refractivity contribution in [2.24, 2.45) is 5.10 Å². The Balaban J connectivity index is 2.35. The van der Waals surface area contributed by atoms with Gasteiger partial charge in [-0.05, 0) is 19.1 Å². The highest BCUT2D eigenvalue weighted by Crippen LogP contribution is 2.19. The maximum Gasteiger partial charge on any atom is 0.282 e. The van der Waals surface area contributed by atoms with E-state index >= 15 is 0 Å². The molecule has 0 aliphatic carbocycles. The van der Waals surface area contributed by atoms with Gasteiger partial charge in [-0.15, -0.1) is 0 Å². The Kier molecular flexibility index (Phi) is 2.05. The first-order valence-corrected chi connectivity index (χ1v) is 4.32. The van der Waals surface area contributed by atoms with Gasteiger partial charge >= 0.3 is 0 Å². The minimum absolute atomic E-state index is 0.395. The third kappa shape index (κ3) is 1.29. The second-order valence-electron chi connectivity index (χ2n) is 3.13. The van der Waals surface area contributed by atoms with Gasteiger partial charge in [0.2, 0.25) is 0 Å². The van der Waals surface area contributed by atoms with Crippen molar-refractivity contribution in [2.45, 2.75) is 13.0 Å². The quantitative estimate of drug-likeness (QED) is 0.711. The maximum absolute atomic E-state index is 11.5. The van der Waals surface area contributed by atoms with E-state index in [-0.39, 0.29) is 0 Å². The van der Waals surface area contributed by atoms with Crippen LogP contribution in [0.4, 0.5) is 5.69 Å². The van der Waals surface area contributed by atoms with Crippen LogP contribution >= 0.6 is 0 Å². The van der Waals surface area contributed by atoms with Crippen LogP contribution in [0.15, 0.2) is 35.4 Å². The van der Waals surface area contributed by atoms with Crippen molar-refractivity contribution >= 4 is 17.3 Å². The molecule has 1 aliphatic heterocycles. The van der Waals surface area contributed by atoms with E-state index in [2.05, 4.69) is 5.10 Å². The zero-order chi connectivity index (χ0) is 10.1. The van der Waals surface area contributed by atoms with Crippen molar-refractivity contribution in [3.8, 4) is 0 Å². The summed E-state index contributed by atoms with van der Waals surface area (Å²) < 4.78 is 0. The highest BCUT2D eigenvalue weighted by Gasteiger charge is 2.32. The van der Waals surface area contributed by atoms with Gasteiger partial charge < -0.3 is 5.11 Å². The molecule has 4 heteroatoms. The fourth-order valence-electron chi connectivity index (χ4n) is 1.31. The van der Waals surface area contributed by atoms with Crippen molar-refractivity contribution in [1.29, 1.82) is 0 Å². The minimum atomic E-state index is -1.09. The first-order chi connectivity index (χ1) is 6.70. The highest BCUT2D eigenvalue weighted by atomic mass is 16.3. The van der Waals surface area contributed by atoms with Crippen LogP contribution in [0, 0.1) is 0 Å². The average Bonchev–Trinajstić information content (AvgIpc) is 2.47. The van der Waals surface area contributed by atoms with Crippen molar-refractivity contribution in [2.75, 3.05) is 5.01 Å². The molecule has 0 saturated carbocycles. The van der Waals surface area contributed by atoms with Gasteiger partial charge in [0.15, 0.2) is 6.10 Å². The van der Waals surface area contributed by atoms with Crippen LogP contribution in [0.3, 0.4) is 0 Å². The third-order valence-electron chi connectivity index (χ3n) is 2.10. The predicted octanol–water partition coefficient (Wildman–Crippen LogP) is 0.770. The van der Waals surface area contributed by atoms with E-state index in [1.807, 2.05) is 18.2 Å². The van der Waals surface area contributed by atoms with Gasteiger partial charge in [-0.1, -0.05) is 18.2 Å². The maximum atomic E-state index is 11.5. The fourth-order valence-corrected chi connectivity index (χ4v) is 1.31. The molecule has 0 spiro atoms. The van der Waals surface area contributed by atoms with Gasteiger partial charge in [-0.2, -0.15) is 10.1 Å². The molecule has 2 rings (SSSR count). The molecule has 0 radical (unpaired) electrons. The highest BCUT2D eigenvalue weighted by molar-refractivity contribution is 6.16. The van der Waals surface area contributed by atoms with E-state index in [0.717, 1.165) is 0 Å². The van der Waals surface area contributed by atoms with Crippen LogP contribution < -0.4 is 5.01 Å². The Hall–Kier alpha value is -1.68. The topological polar surface area (TPSA) is 52.9 Å². The molecule has 0 aromatic heterocycles. The van der Waals surface area contributed by atoms with Crippen molar-refractivity contribution < 1.29 is 9.90 Å². The molecule has 0 fully saturated rings. The van der Waals surface area contributed by atoms with Crippen molar-refractivity contribution in [3.63, 3.8) is 0 Å². The van der Waals surface area contributed by atoms with E-state index in [1.165, 1.54) is 5.01 Å². The zero-order valence-electron chi connectivity index (χ0n) is 7.71. The molecule has 0 unspecified atom stereocenters. The Morgan fingerprint density at radius 1 is 1.36 bits per heavy atom. The van der Waals surface area contributed by atoms with Crippen LogP contribution in [0.5, 0.6) is 0 Å². The summed E-state index contributed by atoms with van der Waals surface area (Å²) in [5, 5.41) is 14.6. The lowest BCUT2D eigenvalue weighted by Gasteiger charge is -2.11. The molecule has 1 aromatic rings. The standard InChI is InChI=1S/C10H10N2O2/c1-7-9(13)10(14)12(11-7)8-5-3-2-4-6-8/h2-6,9,13H,1H3/t9-/m1/s1. The summed E-state index contributed by atoms with van der Waals surface area (Å²) in [5.74, 6) is -0.395. The molecule has 72 valence electrons. The number of para-hydroxylation sites is 1. The van der Waals surface area contributed by atoms with Crippen molar-refractivity contribution in [3.05, 3.63) is 30.3 Å². The summed E-state index contributed by atoms with van der Waals surface area (Å²) >= 11 is 0. The minimum Gasteiger partial charge on any atom is -0.377 e. The number of rotatable bonds is 1. The van der Waals surface area contributed by atoms with Crippen LogP contribution in [-0.4, -0.2) is 22.8 Å². The molecule has 0 bridgehead atoms. The molecule has 1 aromatic carbocycles. The summed E-state index contributed by atoms with van der Waals surface area (Å²) in [6.45, 7) is 1.63. The Morgan fingerprint density at radius 3 is 2.50 bits per heavy atom. The number of benzene rings is 1. The normalized spacial score (nSPS) is 21.3. The van der Waals surface area contributed by atoms with Crippen molar-refractivity contribution in [1.82, 2.24) is 0 Å². The summed E-state index contributed by atoms with van der Waals surface area (Å²) in [6.07, 6.45) is -1.09. The van der Waals surface area contributed by atoms with Crippen LogP contribution in [0.1, 0.15) is 6.92 Å². The monoisotopic (exact) mass is 190 g/mol.